The van der Waals surface area contributed by atoms with Crippen molar-refractivity contribution in [2.45, 2.75) is 64.0 Å². The molecule has 0 radical (unpaired) electrons. The van der Waals surface area contributed by atoms with Crippen LogP contribution in [0, 0.1) is 11.8 Å². The molecule has 2 rings (SSSR count). The van der Waals surface area contributed by atoms with Crippen molar-refractivity contribution in [3.8, 4) is 0 Å². The van der Waals surface area contributed by atoms with E-state index in [1.807, 2.05) is 13.8 Å². The lowest BCUT2D eigenvalue weighted by molar-refractivity contribution is -0.161. The van der Waals surface area contributed by atoms with Crippen LogP contribution in [0.3, 0.4) is 0 Å². The van der Waals surface area contributed by atoms with Crippen molar-refractivity contribution in [3.63, 3.8) is 0 Å². The zero-order chi connectivity index (χ0) is 13.3. The van der Waals surface area contributed by atoms with Crippen molar-refractivity contribution in [3.05, 3.63) is 0 Å². The number of hydrogen-bond donors (Lipinski definition) is 1. The molecule has 1 amide bonds. The number of nitrogens with zero attached hydrogens (tertiary/aromatic N) is 1. The Hall–Kier alpha value is -1.06. The lowest BCUT2D eigenvalue weighted by Gasteiger charge is -2.45. The summed E-state index contributed by atoms with van der Waals surface area (Å²) < 4.78 is 0. The maximum atomic E-state index is 11.8. The Labute approximate surface area is 108 Å². The van der Waals surface area contributed by atoms with E-state index < -0.39 is 11.5 Å². The third-order valence-corrected chi connectivity index (χ3v) is 4.62. The number of carbonyl (C=O) groups is 2. The maximum Gasteiger partial charge on any atom is 0.329 e. The molecule has 0 bridgehead atoms. The van der Waals surface area contributed by atoms with Gasteiger partial charge < -0.3 is 10.0 Å². The first-order valence-corrected chi connectivity index (χ1v) is 6.98. The number of carboxylic acid groups (broad SMARTS) is 1. The Kier molecular flexibility index (Phi) is 3.64. The van der Waals surface area contributed by atoms with E-state index in [0.717, 1.165) is 19.3 Å². The molecule has 1 N–H and O–H groups in total. The van der Waals surface area contributed by atoms with Gasteiger partial charge >= 0.3 is 5.97 Å². The minimum absolute atomic E-state index is 0.0587. The second-order valence-electron chi connectivity index (χ2n) is 6.14. The van der Waals surface area contributed by atoms with Crippen LogP contribution in [-0.4, -0.2) is 34.0 Å². The smallest absolute Gasteiger partial charge is 0.329 e. The molecular weight excluding hydrogens is 230 g/mol. The maximum absolute atomic E-state index is 11.8. The van der Waals surface area contributed by atoms with E-state index in [1.54, 1.807) is 0 Å². The highest BCUT2D eigenvalue weighted by Gasteiger charge is 2.50. The molecule has 102 valence electrons. The van der Waals surface area contributed by atoms with E-state index in [0.29, 0.717) is 24.7 Å². The fourth-order valence-corrected chi connectivity index (χ4v) is 3.52. The van der Waals surface area contributed by atoms with Gasteiger partial charge in [-0.05, 0) is 57.8 Å². The van der Waals surface area contributed by atoms with Gasteiger partial charge in [-0.2, -0.15) is 0 Å². The highest BCUT2D eigenvalue weighted by Crippen LogP contribution is 2.48. The summed E-state index contributed by atoms with van der Waals surface area (Å²) in [6.07, 6.45) is 6.50. The molecule has 0 aromatic carbocycles. The van der Waals surface area contributed by atoms with Gasteiger partial charge in [0.05, 0.1) is 0 Å². The SMILES string of the molecule is CC(C)N(C=O)C1(C(=O)O)CCCC(C2CC2)C1. The van der Waals surface area contributed by atoms with Crippen molar-refractivity contribution >= 4 is 12.4 Å². The van der Waals surface area contributed by atoms with E-state index in [9.17, 15) is 14.7 Å². The number of hydrogen-bond acceptors (Lipinski definition) is 2. The summed E-state index contributed by atoms with van der Waals surface area (Å²) in [5.74, 6) is 0.384. The van der Waals surface area contributed by atoms with E-state index in [2.05, 4.69) is 0 Å². The molecule has 2 fully saturated rings. The summed E-state index contributed by atoms with van der Waals surface area (Å²) in [4.78, 5) is 24.6. The normalized spacial score (nSPS) is 32.3. The van der Waals surface area contributed by atoms with E-state index in [-0.39, 0.29) is 6.04 Å². The molecule has 4 nitrogen and oxygen atoms in total. The van der Waals surface area contributed by atoms with Crippen LogP contribution in [0.5, 0.6) is 0 Å². The molecule has 0 saturated heterocycles. The Morgan fingerprint density at radius 1 is 1.33 bits per heavy atom. The van der Waals surface area contributed by atoms with Gasteiger partial charge in [-0.25, -0.2) is 4.79 Å². The van der Waals surface area contributed by atoms with Crippen LogP contribution in [-0.2, 0) is 9.59 Å². The van der Waals surface area contributed by atoms with Gasteiger partial charge in [0.25, 0.3) is 0 Å². The minimum atomic E-state index is -0.957. The Bertz CT molecular complexity index is 338. The third kappa shape index (κ3) is 2.25. The van der Waals surface area contributed by atoms with E-state index >= 15 is 0 Å². The number of carboxylic acids is 1. The van der Waals surface area contributed by atoms with Gasteiger partial charge in [0.1, 0.15) is 5.54 Å². The molecule has 18 heavy (non-hydrogen) atoms. The minimum Gasteiger partial charge on any atom is -0.479 e. The predicted molar refractivity (Wildman–Crippen MR) is 68.1 cm³/mol. The first-order chi connectivity index (χ1) is 8.51. The van der Waals surface area contributed by atoms with Crippen molar-refractivity contribution < 1.29 is 14.7 Å². The second kappa shape index (κ2) is 4.90. The Morgan fingerprint density at radius 3 is 2.44 bits per heavy atom. The molecule has 2 aliphatic rings. The zero-order valence-corrected chi connectivity index (χ0v) is 11.3. The van der Waals surface area contributed by atoms with Crippen LogP contribution >= 0.6 is 0 Å². The topological polar surface area (TPSA) is 57.6 Å². The lowest BCUT2D eigenvalue weighted by atomic mass is 9.72. The highest BCUT2D eigenvalue weighted by atomic mass is 16.4. The van der Waals surface area contributed by atoms with Gasteiger partial charge in [-0.15, -0.1) is 0 Å². The largest absolute Gasteiger partial charge is 0.479 e. The van der Waals surface area contributed by atoms with Gasteiger partial charge in [-0.3, -0.25) is 4.79 Å². The summed E-state index contributed by atoms with van der Waals surface area (Å²) in [6, 6.07) is -0.0587. The third-order valence-electron chi connectivity index (χ3n) is 4.62. The summed E-state index contributed by atoms with van der Waals surface area (Å²) >= 11 is 0. The van der Waals surface area contributed by atoms with Crippen LogP contribution in [0.4, 0.5) is 0 Å². The van der Waals surface area contributed by atoms with Crippen molar-refractivity contribution in [1.29, 1.82) is 0 Å². The predicted octanol–water partition coefficient (Wildman–Crippen LogP) is 2.28. The Morgan fingerprint density at radius 2 is 2.00 bits per heavy atom. The number of aliphatic carboxylic acids is 1. The van der Waals surface area contributed by atoms with E-state index in [4.69, 9.17) is 0 Å². The average molecular weight is 253 g/mol. The van der Waals surface area contributed by atoms with Crippen molar-refractivity contribution in [1.82, 2.24) is 4.90 Å². The van der Waals surface area contributed by atoms with Crippen LogP contribution in [0.2, 0.25) is 0 Å². The summed E-state index contributed by atoms with van der Waals surface area (Å²) in [5.41, 5.74) is -0.957. The number of amides is 1. The van der Waals surface area contributed by atoms with Gasteiger partial charge in [0.15, 0.2) is 0 Å². The molecule has 2 atom stereocenters. The number of carbonyl (C=O) groups excluding carboxylic acids is 1. The summed E-state index contributed by atoms with van der Waals surface area (Å²) in [5, 5.41) is 9.66. The fourth-order valence-electron chi connectivity index (χ4n) is 3.52. The molecule has 0 aromatic heterocycles. The monoisotopic (exact) mass is 253 g/mol. The molecule has 0 aromatic rings. The molecule has 4 heteroatoms. The van der Waals surface area contributed by atoms with Gasteiger partial charge in [0, 0.05) is 6.04 Å². The standard InChI is InChI=1S/C14H23NO3/c1-10(2)15(9-16)14(13(17)18)7-3-4-12(8-14)11-5-6-11/h9-12H,3-8H2,1-2H3,(H,17,18). The van der Waals surface area contributed by atoms with Gasteiger partial charge in [-0.1, -0.05) is 6.42 Å². The highest BCUT2D eigenvalue weighted by molar-refractivity contribution is 5.81. The van der Waals surface area contributed by atoms with Crippen molar-refractivity contribution in [2.75, 3.05) is 0 Å². The molecular formula is C14H23NO3. The number of rotatable bonds is 5. The quantitative estimate of drug-likeness (QED) is 0.765. The van der Waals surface area contributed by atoms with Crippen LogP contribution in [0.1, 0.15) is 52.4 Å². The molecule has 0 heterocycles. The first-order valence-electron chi connectivity index (χ1n) is 6.98. The van der Waals surface area contributed by atoms with Crippen LogP contribution in [0.15, 0.2) is 0 Å². The molecule has 0 spiro atoms. The average Bonchev–Trinajstić information content (AvgIpc) is 3.13. The van der Waals surface area contributed by atoms with E-state index in [1.165, 1.54) is 17.7 Å². The van der Waals surface area contributed by atoms with Crippen LogP contribution in [0.25, 0.3) is 0 Å². The molecule has 2 saturated carbocycles. The molecule has 0 aliphatic heterocycles. The lowest BCUT2D eigenvalue weighted by Crippen LogP contribution is -2.59. The first kappa shape index (κ1) is 13.4. The van der Waals surface area contributed by atoms with Gasteiger partial charge in [0.2, 0.25) is 6.41 Å². The fraction of sp³-hybridized carbons (Fsp3) is 0.857. The second-order valence-corrected chi connectivity index (χ2v) is 6.14. The molecule has 2 aliphatic carbocycles. The molecule has 2 unspecified atom stereocenters. The summed E-state index contributed by atoms with van der Waals surface area (Å²) in [6.45, 7) is 3.78. The summed E-state index contributed by atoms with van der Waals surface area (Å²) in [7, 11) is 0. The van der Waals surface area contributed by atoms with Crippen molar-refractivity contribution in [2.24, 2.45) is 11.8 Å². The van der Waals surface area contributed by atoms with Crippen LogP contribution < -0.4 is 0 Å². The Balaban J connectivity index is 2.24. The zero-order valence-electron chi connectivity index (χ0n) is 11.3.